The van der Waals surface area contributed by atoms with Crippen molar-refractivity contribution in [2.24, 2.45) is 0 Å². The molecule has 0 aliphatic carbocycles. The van der Waals surface area contributed by atoms with Crippen LogP contribution in [0.5, 0.6) is 5.75 Å². The Morgan fingerprint density at radius 2 is 1.90 bits per heavy atom. The summed E-state index contributed by atoms with van der Waals surface area (Å²) in [6.45, 7) is 4.10. The van der Waals surface area contributed by atoms with Crippen molar-refractivity contribution in [3.05, 3.63) is 71.0 Å². The predicted molar refractivity (Wildman–Crippen MR) is 110 cm³/mol. The van der Waals surface area contributed by atoms with Crippen LogP contribution >= 0.6 is 0 Å². The van der Waals surface area contributed by atoms with Crippen LogP contribution in [0.1, 0.15) is 22.5 Å². The number of benzene rings is 2. The van der Waals surface area contributed by atoms with Crippen LogP contribution in [-0.2, 0) is 23.9 Å². The first kappa shape index (κ1) is 21.0. The molecule has 3 aromatic rings. The summed E-state index contributed by atoms with van der Waals surface area (Å²) < 4.78 is 48.1. The largest absolute Gasteiger partial charge is 0.487 e. The molecule has 0 saturated carbocycles. The summed E-state index contributed by atoms with van der Waals surface area (Å²) in [5.74, 6) is 0.241. The van der Waals surface area contributed by atoms with Gasteiger partial charge in [-0.3, -0.25) is 9.48 Å². The molecule has 31 heavy (non-hydrogen) atoms. The van der Waals surface area contributed by atoms with Crippen molar-refractivity contribution in [3.63, 3.8) is 0 Å². The molecule has 0 spiro atoms. The Kier molecular flexibility index (Phi) is 5.47. The van der Waals surface area contributed by atoms with Gasteiger partial charge >= 0.3 is 6.18 Å². The summed E-state index contributed by atoms with van der Waals surface area (Å²) in [5.41, 5.74) is 2.35. The first-order valence-corrected chi connectivity index (χ1v) is 9.95. The number of carbonyl (C=O) groups excluding carboxylic acids is 1. The van der Waals surface area contributed by atoms with Gasteiger partial charge in [0.25, 0.3) is 0 Å². The summed E-state index contributed by atoms with van der Waals surface area (Å²) in [7, 11) is 0. The molecule has 4 rings (SSSR count). The summed E-state index contributed by atoms with van der Waals surface area (Å²) in [5, 5.41) is 7.10. The van der Waals surface area contributed by atoms with Crippen LogP contribution < -0.4 is 10.1 Å². The van der Waals surface area contributed by atoms with Crippen LogP contribution in [0.25, 0.3) is 11.1 Å². The SMILES string of the molecule is Cc1cc(C)n(CC(=O)NC[C@@H]2Cc3cccc(-c4ccccc4C(F)(F)F)c3O2)n1. The highest BCUT2D eigenvalue weighted by molar-refractivity contribution is 5.77. The number of ether oxygens (including phenoxy) is 1. The number of para-hydroxylation sites is 1. The van der Waals surface area contributed by atoms with E-state index in [2.05, 4.69) is 10.4 Å². The maximum Gasteiger partial charge on any atom is 0.417 e. The molecule has 1 N–H and O–H groups in total. The summed E-state index contributed by atoms with van der Waals surface area (Å²) >= 11 is 0. The maximum atomic E-state index is 13.5. The van der Waals surface area contributed by atoms with Crippen molar-refractivity contribution in [3.8, 4) is 16.9 Å². The minimum Gasteiger partial charge on any atom is -0.487 e. The van der Waals surface area contributed by atoms with Gasteiger partial charge in [0.05, 0.1) is 17.8 Å². The van der Waals surface area contributed by atoms with E-state index in [0.717, 1.165) is 23.0 Å². The van der Waals surface area contributed by atoms with Crippen molar-refractivity contribution in [2.45, 2.75) is 39.1 Å². The minimum atomic E-state index is -4.46. The van der Waals surface area contributed by atoms with Crippen LogP contribution in [0.15, 0.2) is 48.5 Å². The van der Waals surface area contributed by atoms with E-state index >= 15 is 0 Å². The molecule has 1 amide bonds. The summed E-state index contributed by atoms with van der Waals surface area (Å²) in [4.78, 5) is 12.3. The van der Waals surface area contributed by atoms with Crippen molar-refractivity contribution in [1.82, 2.24) is 15.1 Å². The minimum absolute atomic E-state index is 0.0843. The number of rotatable bonds is 5. The van der Waals surface area contributed by atoms with E-state index in [0.29, 0.717) is 17.7 Å². The fraction of sp³-hybridized carbons (Fsp3) is 0.304. The van der Waals surface area contributed by atoms with Gasteiger partial charge in [0.2, 0.25) is 5.91 Å². The van der Waals surface area contributed by atoms with E-state index in [1.165, 1.54) is 12.1 Å². The zero-order valence-electron chi connectivity index (χ0n) is 17.2. The molecular formula is C23H22F3N3O2. The molecule has 2 aromatic carbocycles. The van der Waals surface area contributed by atoms with Gasteiger partial charge in [-0.15, -0.1) is 0 Å². The smallest absolute Gasteiger partial charge is 0.417 e. The number of hydrogen-bond donors (Lipinski definition) is 1. The second kappa shape index (κ2) is 8.09. The van der Waals surface area contributed by atoms with Gasteiger partial charge in [-0.25, -0.2) is 0 Å². The molecule has 162 valence electrons. The van der Waals surface area contributed by atoms with Crippen LogP contribution in [0.2, 0.25) is 0 Å². The molecule has 1 aliphatic rings. The number of aromatic nitrogens is 2. The molecule has 1 aromatic heterocycles. The average molecular weight is 429 g/mol. The quantitative estimate of drug-likeness (QED) is 0.658. The van der Waals surface area contributed by atoms with Gasteiger partial charge in [-0.1, -0.05) is 36.4 Å². The number of carbonyl (C=O) groups is 1. The third-order valence-corrected chi connectivity index (χ3v) is 5.27. The van der Waals surface area contributed by atoms with Crippen molar-refractivity contribution in [2.75, 3.05) is 6.54 Å². The van der Waals surface area contributed by atoms with E-state index in [1.54, 1.807) is 22.9 Å². The maximum absolute atomic E-state index is 13.5. The fourth-order valence-corrected chi connectivity index (χ4v) is 3.88. The Balaban J connectivity index is 1.47. The fourth-order valence-electron chi connectivity index (χ4n) is 3.88. The normalized spacial score (nSPS) is 15.5. The average Bonchev–Trinajstić information content (AvgIpc) is 3.27. The topological polar surface area (TPSA) is 56.2 Å². The van der Waals surface area contributed by atoms with E-state index < -0.39 is 11.7 Å². The first-order chi connectivity index (χ1) is 14.7. The van der Waals surface area contributed by atoms with Gasteiger partial charge < -0.3 is 10.1 Å². The molecule has 1 aliphatic heterocycles. The van der Waals surface area contributed by atoms with Gasteiger partial charge in [0, 0.05) is 17.7 Å². The third-order valence-electron chi connectivity index (χ3n) is 5.27. The Morgan fingerprint density at radius 3 is 2.61 bits per heavy atom. The molecule has 0 radical (unpaired) electrons. The molecule has 2 heterocycles. The van der Waals surface area contributed by atoms with Gasteiger partial charge in [-0.05, 0) is 37.1 Å². The number of aryl methyl sites for hydroxylation is 2. The predicted octanol–water partition coefficient (Wildman–Crippen LogP) is 4.31. The number of alkyl halides is 3. The summed E-state index contributed by atoms with van der Waals surface area (Å²) in [6, 6.07) is 12.6. The zero-order valence-corrected chi connectivity index (χ0v) is 17.2. The molecule has 5 nitrogen and oxygen atoms in total. The third kappa shape index (κ3) is 4.42. The number of nitrogens with one attached hydrogen (secondary N) is 1. The van der Waals surface area contributed by atoms with Crippen molar-refractivity contribution < 1.29 is 22.7 Å². The van der Waals surface area contributed by atoms with Gasteiger partial charge in [0.1, 0.15) is 18.4 Å². The van der Waals surface area contributed by atoms with E-state index in [9.17, 15) is 18.0 Å². The number of amides is 1. The monoisotopic (exact) mass is 429 g/mol. The molecular weight excluding hydrogens is 407 g/mol. The Bertz CT molecular complexity index is 1120. The molecule has 1 atom stereocenters. The van der Waals surface area contributed by atoms with Gasteiger partial charge in [0.15, 0.2) is 0 Å². The molecule has 0 bridgehead atoms. The van der Waals surface area contributed by atoms with E-state index in [-0.39, 0.29) is 30.7 Å². The lowest BCUT2D eigenvalue weighted by atomic mass is 9.96. The van der Waals surface area contributed by atoms with Crippen LogP contribution in [0.4, 0.5) is 13.2 Å². The van der Waals surface area contributed by atoms with Crippen molar-refractivity contribution in [1.29, 1.82) is 0 Å². The van der Waals surface area contributed by atoms with Gasteiger partial charge in [-0.2, -0.15) is 18.3 Å². The van der Waals surface area contributed by atoms with Crippen molar-refractivity contribution >= 4 is 5.91 Å². The Morgan fingerprint density at radius 1 is 1.16 bits per heavy atom. The number of nitrogens with zero attached hydrogens (tertiary/aromatic N) is 2. The second-order valence-electron chi connectivity index (χ2n) is 7.67. The zero-order chi connectivity index (χ0) is 22.2. The Labute approximate surface area is 177 Å². The second-order valence-corrected chi connectivity index (χ2v) is 7.67. The van der Waals surface area contributed by atoms with Crippen LogP contribution in [-0.4, -0.2) is 28.3 Å². The molecule has 0 fully saturated rings. The standard InChI is InChI=1S/C23H22F3N3O2/c1-14-10-15(2)29(28-14)13-21(30)27-12-17-11-16-6-5-8-19(22(16)31-17)18-7-3-4-9-20(18)23(24,25)26/h3-10,17H,11-13H2,1-2H3,(H,27,30)/t17-/m0/s1. The van der Waals surface area contributed by atoms with Crippen LogP contribution in [0.3, 0.4) is 0 Å². The highest BCUT2D eigenvalue weighted by atomic mass is 19.4. The number of hydrogen-bond acceptors (Lipinski definition) is 3. The molecule has 0 unspecified atom stereocenters. The number of fused-ring (bicyclic) bond motifs is 1. The summed E-state index contributed by atoms with van der Waals surface area (Å²) in [6.07, 6.45) is -4.30. The van der Waals surface area contributed by atoms with E-state index in [4.69, 9.17) is 4.74 Å². The highest BCUT2D eigenvalue weighted by Crippen LogP contribution is 2.43. The first-order valence-electron chi connectivity index (χ1n) is 9.95. The molecule has 8 heteroatoms. The highest BCUT2D eigenvalue weighted by Gasteiger charge is 2.35. The number of halogens is 3. The lowest BCUT2D eigenvalue weighted by Gasteiger charge is -2.16. The lowest BCUT2D eigenvalue weighted by Crippen LogP contribution is -2.36. The lowest BCUT2D eigenvalue weighted by molar-refractivity contribution is -0.137. The Hall–Kier alpha value is -3.29. The van der Waals surface area contributed by atoms with Crippen LogP contribution in [0, 0.1) is 13.8 Å². The van der Waals surface area contributed by atoms with E-state index in [1.807, 2.05) is 26.0 Å². The molecule has 0 saturated heterocycles.